The molecular weight excluding hydrogens is 430 g/mol. The number of carbonyl (C=O) groups is 2. The van der Waals surface area contributed by atoms with E-state index in [2.05, 4.69) is 6.07 Å². The number of hydrogen-bond donors (Lipinski definition) is 0. The Hall–Kier alpha value is -3.61. The summed E-state index contributed by atoms with van der Waals surface area (Å²) >= 11 is 0. The molecule has 34 heavy (non-hydrogen) atoms. The SMILES string of the molecule is O=C(OCN1C(=O)C2(CCCC2)N=C1c1ccc(-c2ccc3occc3c2)cc1)N1CCCC1. The van der Waals surface area contributed by atoms with Crippen molar-refractivity contribution in [2.75, 3.05) is 19.8 Å². The number of amidine groups is 1. The van der Waals surface area contributed by atoms with E-state index in [9.17, 15) is 9.59 Å². The van der Waals surface area contributed by atoms with Gasteiger partial charge < -0.3 is 14.1 Å². The second-order valence-corrected chi connectivity index (χ2v) is 9.39. The molecule has 7 heteroatoms. The van der Waals surface area contributed by atoms with Crippen LogP contribution in [0.25, 0.3) is 22.1 Å². The molecule has 0 atom stereocenters. The lowest BCUT2D eigenvalue weighted by Crippen LogP contribution is -2.43. The minimum Gasteiger partial charge on any atom is -0.464 e. The van der Waals surface area contributed by atoms with E-state index < -0.39 is 5.54 Å². The molecule has 2 aliphatic heterocycles. The van der Waals surface area contributed by atoms with Crippen LogP contribution < -0.4 is 0 Å². The molecular formula is C27H27N3O4. The van der Waals surface area contributed by atoms with E-state index in [1.165, 1.54) is 0 Å². The van der Waals surface area contributed by atoms with Crippen molar-refractivity contribution >= 4 is 28.8 Å². The van der Waals surface area contributed by atoms with Crippen LogP contribution in [0.3, 0.4) is 0 Å². The molecule has 2 amide bonds. The molecule has 2 aromatic carbocycles. The molecule has 0 N–H and O–H groups in total. The molecule has 0 radical (unpaired) electrons. The molecule has 1 aliphatic carbocycles. The minimum absolute atomic E-state index is 0.0521. The number of fused-ring (bicyclic) bond motifs is 1. The van der Waals surface area contributed by atoms with Crippen molar-refractivity contribution in [2.24, 2.45) is 4.99 Å². The van der Waals surface area contributed by atoms with Gasteiger partial charge in [0.05, 0.1) is 6.26 Å². The summed E-state index contributed by atoms with van der Waals surface area (Å²) in [6, 6.07) is 16.1. The summed E-state index contributed by atoms with van der Waals surface area (Å²) in [4.78, 5) is 34.1. The maximum absolute atomic E-state index is 13.4. The Kier molecular flexibility index (Phi) is 5.12. The average Bonchev–Trinajstić information content (AvgIpc) is 3.67. The van der Waals surface area contributed by atoms with Crippen LogP contribution in [-0.4, -0.2) is 53.0 Å². The van der Waals surface area contributed by atoms with Crippen molar-refractivity contribution in [3.8, 4) is 11.1 Å². The Balaban J connectivity index is 1.27. The summed E-state index contributed by atoms with van der Waals surface area (Å²) in [5, 5.41) is 1.06. The molecule has 174 valence electrons. The first-order valence-corrected chi connectivity index (χ1v) is 12.0. The second kappa shape index (κ2) is 8.31. The monoisotopic (exact) mass is 457 g/mol. The van der Waals surface area contributed by atoms with Crippen LogP contribution in [0.4, 0.5) is 4.79 Å². The summed E-state index contributed by atoms with van der Waals surface area (Å²) in [5.41, 5.74) is 3.16. The number of hydrogen-bond acceptors (Lipinski definition) is 5. The largest absolute Gasteiger partial charge is 0.464 e. The fraction of sp³-hybridized carbons (Fsp3) is 0.370. The third-order valence-electron chi connectivity index (χ3n) is 7.26. The van der Waals surface area contributed by atoms with Gasteiger partial charge in [0.2, 0.25) is 0 Å². The van der Waals surface area contributed by atoms with Crippen molar-refractivity contribution in [1.29, 1.82) is 0 Å². The molecule has 1 saturated carbocycles. The van der Waals surface area contributed by atoms with E-state index >= 15 is 0 Å². The number of likely N-dealkylation sites (tertiary alicyclic amines) is 1. The first kappa shape index (κ1) is 21.0. The summed E-state index contributed by atoms with van der Waals surface area (Å²) in [5.74, 6) is 0.543. The number of benzene rings is 2. The number of furan rings is 1. The number of carbonyl (C=O) groups excluding carboxylic acids is 2. The summed E-state index contributed by atoms with van der Waals surface area (Å²) in [7, 11) is 0. The first-order valence-electron chi connectivity index (χ1n) is 12.0. The van der Waals surface area contributed by atoms with E-state index in [4.69, 9.17) is 14.1 Å². The van der Waals surface area contributed by atoms with Gasteiger partial charge in [0.1, 0.15) is 17.0 Å². The van der Waals surface area contributed by atoms with Crippen LogP contribution in [0.5, 0.6) is 0 Å². The van der Waals surface area contributed by atoms with E-state index in [0.717, 1.165) is 66.2 Å². The molecule has 3 heterocycles. The Morgan fingerprint density at radius 3 is 2.41 bits per heavy atom. The van der Waals surface area contributed by atoms with Gasteiger partial charge in [0, 0.05) is 24.0 Å². The van der Waals surface area contributed by atoms with E-state index in [1.807, 2.05) is 42.5 Å². The molecule has 1 spiro atoms. The van der Waals surface area contributed by atoms with Crippen molar-refractivity contribution in [3.63, 3.8) is 0 Å². The quantitative estimate of drug-likeness (QED) is 0.540. The van der Waals surface area contributed by atoms with Crippen LogP contribution in [0, 0.1) is 0 Å². The average molecular weight is 458 g/mol. The smallest absolute Gasteiger partial charge is 0.411 e. The fourth-order valence-electron chi connectivity index (χ4n) is 5.35. The predicted molar refractivity (Wildman–Crippen MR) is 128 cm³/mol. The Morgan fingerprint density at radius 2 is 1.65 bits per heavy atom. The maximum Gasteiger partial charge on any atom is 0.411 e. The topological polar surface area (TPSA) is 75.3 Å². The van der Waals surface area contributed by atoms with Crippen molar-refractivity contribution in [2.45, 2.75) is 44.1 Å². The van der Waals surface area contributed by atoms with Crippen molar-refractivity contribution in [1.82, 2.24) is 9.80 Å². The highest BCUT2D eigenvalue weighted by molar-refractivity contribution is 6.15. The predicted octanol–water partition coefficient (Wildman–Crippen LogP) is 5.19. The van der Waals surface area contributed by atoms with Gasteiger partial charge >= 0.3 is 6.09 Å². The zero-order valence-electron chi connectivity index (χ0n) is 19.0. The molecule has 0 unspecified atom stereocenters. The third kappa shape index (κ3) is 3.56. The molecule has 3 aliphatic rings. The normalized spacial score (nSPS) is 19.4. The van der Waals surface area contributed by atoms with E-state index in [-0.39, 0.29) is 18.7 Å². The molecule has 1 saturated heterocycles. The van der Waals surface area contributed by atoms with Gasteiger partial charge in [-0.2, -0.15) is 0 Å². The van der Waals surface area contributed by atoms with Gasteiger partial charge in [-0.25, -0.2) is 4.79 Å². The highest BCUT2D eigenvalue weighted by atomic mass is 16.6. The first-order chi connectivity index (χ1) is 16.6. The maximum atomic E-state index is 13.4. The standard InChI is InChI=1S/C27H27N3O4/c31-25-27(12-1-2-13-27)28-24(30(25)18-34-26(32)29-14-3-4-15-29)20-7-5-19(6-8-20)21-9-10-23-22(17-21)11-16-33-23/h5-11,16-17H,1-4,12-15,18H2. The molecule has 1 aromatic heterocycles. The van der Waals surface area contributed by atoms with Crippen LogP contribution >= 0.6 is 0 Å². The molecule has 6 rings (SSSR count). The zero-order valence-corrected chi connectivity index (χ0v) is 19.0. The molecule has 0 bridgehead atoms. The van der Waals surface area contributed by atoms with Crippen LogP contribution in [0.15, 0.2) is 64.2 Å². The highest BCUT2D eigenvalue weighted by Gasteiger charge is 2.50. The van der Waals surface area contributed by atoms with Gasteiger partial charge in [-0.1, -0.05) is 43.2 Å². The molecule has 2 fully saturated rings. The third-order valence-corrected chi connectivity index (χ3v) is 7.26. The molecule has 7 nitrogen and oxygen atoms in total. The van der Waals surface area contributed by atoms with Crippen LogP contribution in [-0.2, 0) is 9.53 Å². The lowest BCUT2D eigenvalue weighted by molar-refractivity contribution is -0.133. The lowest BCUT2D eigenvalue weighted by atomic mass is 9.98. The summed E-state index contributed by atoms with van der Waals surface area (Å²) in [6.07, 6.45) is 6.78. The summed E-state index contributed by atoms with van der Waals surface area (Å²) < 4.78 is 11.0. The Bertz CT molecular complexity index is 1260. The van der Waals surface area contributed by atoms with Gasteiger partial charge in [0.25, 0.3) is 5.91 Å². The Morgan fingerprint density at radius 1 is 0.941 bits per heavy atom. The van der Waals surface area contributed by atoms with Gasteiger partial charge in [0.15, 0.2) is 6.73 Å². The van der Waals surface area contributed by atoms with Crippen LogP contribution in [0.2, 0.25) is 0 Å². The van der Waals surface area contributed by atoms with E-state index in [1.54, 1.807) is 16.1 Å². The van der Waals surface area contributed by atoms with Crippen molar-refractivity contribution < 1.29 is 18.7 Å². The number of nitrogens with zero attached hydrogens (tertiary/aromatic N) is 3. The Labute approximate surface area is 198 Å². The number of rotatable bonds is 4. The lowest BCUT2D eigenvalue weighted by Gasteiger charge is -2.23. The number of ether oxygens (including phenoxy) is 1. The summed E-state index contributed by atoms with van der Waals surface area (Å²) in [6.45, 7) is 1.32. The fourth-order valence-corrected chi connectivity index (χ4v) is 5.35. The number of amides is 2. The van der Waals surface area contributed by atoms with Gasteiger partial charge in [-0.3, -0.25) is 14.7 Å². The zero-order chi connectivity index (χ0) is 23.1. The number of aliphatic imine (C=N–C) groups is 1. The van der Waals surface area contributed by atoms with Crippen LogP contribution in [0.1, 0.15) is 44.1 Å². The van der Waals surface area contributed by atoms with Gasteiger partial charge in [-0.15, -0.1) is 0 Å². The van der Waals surface area contributed by atoms with Gasteiger partial charge in [-0.05, 0) is 55.0 Å². The minimum atomic E-state index is -0.708. The van der Waals surface area contributed by atoms with Crippen molar-refractivity contribution in [3.05, 3.63) is 60.4 Å². The molecule has 3 aromatic rings. The second-order valence-electron chi connectivity index (χ2n) is 9.39. The highest BCUT2D eigenvalue weighted by Crippen LogP contribution is 2.40. The van der Waals surface area contributed by atoms with E-state index in [0.29, 0.717) is 18.9 Å².